The summed E-state index contributed by atoms with van der Waals surface area (Å²) in [7, 11) is 0. The first-order valence-electron chi connectivity index (χ1n) is 9.91. The zero-order chi connectivity index (χ0) is 19.6. The number of hydrogen-bond acceptors (Lipinski definition) is 3. The number of Topliss-reactive ketones (excluding diaryl/α,β-unsaturated/α-hetero) is 2. The molecule has 0 N–H and O–H groups in total. The molecular weight excluding hydrogens is 346 g/mol. The van der Waals surface area contributed by atoms with Gasteiger partial charge in [-0.2, -0.15) is 0 Å². The van der Waals surface area contributed by atoms with Gasteiger partial charge in [0, 0.05) is 34.7 Å². The SMILES string of the molecule is Cc1cccc([C@H]2C3=C(CC(C)(C)CC3=O)N=C3c4ccccc4C(=O)[C@@H]32)c1. The van der Waals surface area contributed by atoms with E-state index in [-0.39, 0.29) is 22.9 Å². The lowest BCUT2D eigenvalue weighted by Gasteiger charge is -2.38. The molecule has 0 fully saturated rings. The second kappa shape index (κ2) is 5.84. The Hall–Kier alpha value is -2.81. The summed E-state index contributed by atoms with van der Waals surface area (Å²) in [6.07, 6.45) is 1.27. The highest BCUT2D eigenvalue weighted by atomic mass is 16.1. The van der Waals surface area contributed by atoms with Gasteiger partial charge < -0.3 is 0 Å². The Balaban J connectivity index is 1.78. The minimum absolute atomic E-state index is 0.0880. The number of aryl methyl sites for hydroxylation is 1. The van der Waals surface area contributed by atoms with Gasteiger partial charge in [0.15, 0.2) is 11.6 Å². The van der Waals surface area contributed by atoms with E-state index < -0.39 is 5.92 Å². The van der Waals surface area contributed by atoms with E-state index in [0.717, 1.165) is 45.7 Å². The largest absolute Gasteiger partial charge is 0.294 e. The molecule has 5 rings (SSSR count). The third-order valence-corrected chi connectivity index (χ3v) is 6.24. The van der Waals surface area contributed by atoms with Crippen molar-refractivity contribution in [1.82, 2.24) is 0 Å². The highest BCUT2D eigenvalue weighted by Gasteiger charge is 2.50. The van der Waals surface area contributed by atoms with E-state index in [1.807, 2.05) is 43.3 Å². The molecule has 3 nitrogen and oxygen atoms in total. The lowest BCUT2D eigenvalue weighted by molar-refractivity contribution is -0.118. The van der Waals surface area contributed by atoms with Gasteiger partial charge in [-0.15, -0.1) is 0 Å². The number of benzene rings is 2. The maximum absolute atomic E-state index is 13.4. The molecule has 3 aliphatic rings. The number of fused-ring (bicyclic) bond motifs is 3. The lowest BCUT2D eigenvalue weighted by Crippen LogP contribution is -2.37. The van der Waals surface area contributed by atoms with Gasteiger partial charge in [0.05, 0.1) is 11.6 Å². The predicted octanol–water partition coefficient (Wildman–Crippen LogP) is 5.04. The van der Waals surface area contributed by atoms with Crippen molar-refractivity contribution in [3.8, 4) is 0 Å². The summed E-state index contributed by atoms with van der Waals surface area (Å²) in [5.74, 6) is -0.414. The Kier molecular flexibility index (Phi) is 3.61. The third kappa shape index (κ3) is 2.46. The number of allylic oxidation sites excluding steroid dienone is 2. The van der Waals surface area contributed by atoms with Crippen molar-refractivity contribution in [3.63, 3.8) is 0 Å². The van der Waals surface area contributed by atoms with Crippen molar-refractivity contribution < 1.29 is 9.59 Å². The monoisotopic (exact) mass is 369 g/mol. The topological polar surface area (TPSA) is 46.5 Å². The van der Waals surface area contributed by atoms with Crippen LogP contribution in [0.15, 0.2) is 64.8 Å². The molecule has 0 aromatic heterocycles. The van der Waals surface area contributed by atoms with Crippen LogP contribution in [0.3, 0.4) is 0 Å². The summed E-state index contributed by atoms with van der Waals surface area (Å²) in [5.41, 5.74) is 6.22. The maximum atomic E-state index is 13.4. The van der Waals surface area contributed by atoms with Crippen LogP contribution in [0.5, 0.6) is 0 Å². The highest BCUT2D eigenvalue weighted by molar-refractivity contribution is 6.30. The molecule has 2 atom stereocenters. The number of carbonyl (C=O) groups excluding carboxylic acids is 2. The van der Waals surface area contributed by atoms with Crippen LogP contribution in [0, 0.1) is 18.3 Å². The Bertz CT molecular complexity index is 1100. The average molecular weight is 369 g/mol. The van der Waals surface area contributed by atoms with Crippen LogP contribution in [-0.2, 0) is 4.79 Å². The molecule has 28 heavy (non-hydrogen) atoms. The van der Waals surface area contributed by atoms with E-state index in [4.69, 9.17) is 4.99 Å². The fourth-order valence-corrected chi connectivity index (χ4v) is 5.11. The molecule has 0 saturated heterocycles. The Morgan fingerprint density at radius 1 is 0.929 bits per heavy atom. The van der Waals surface area contributed by atoms with E-state index in [1.165, 1.54) is 0 Å². The lowest BCUT2D eigenvalue weighted by atomic mass is 9.66. The Morgan fingerprint density at radius 3 is 2.43 bits per heavy atom. The number of hydrogen-bond donors (Lipinski definition) is 0. The molecule has 3 heteroatoms. The molecule has 2 aromatic carbocycles. The summed E-state index contributed by atoms with van der Waals surface area (Å²) >= 11 is 0. The van der Waals surface area contributed by atoms with Crippen LogP contribution < -0.4 is 0 Å². The molecule has 2 aromatic rings. The Morgan fingerprint density at radius 2 is 1.68 bits per heavy atom. The van der Waals surface area contributed by atoms with Gasteiger partial charge in [0.1, 0.15) is 0 Å². The second-order valence-electron chi connectivity index (χ2n) is 9.08. The molecule has 1 heterocycles. The third-order valence-electron chi connectivity index (χ3n) is 6.24. The molecule has 0 saturated carbocycles. The number of nitrogens with zero attached hydrogens (tertiary/aromatic N) is 1. The number of rotatable bonds is 1. The van der Waals surface area contributed by atoms with Crippen molar-refractivity contribution in [2.75, 3.05) is 0 Å². The maximum Gasteiger partial charge on any atom is 0.173 e. The minimum Gasteiger partial charge on any atom is -0.294 e. The number of ketones is 2. The number of aliphatic imine (C=N–C) groups is 1. The smallest absolute Gasteiger partial charge is 0.173 e. The molecule has 0 bridgehead atoms. The van der Waals surface area contributed by atoms with Crippen LogP contribution >= 0.6 is 0 Å². The van der Waals surface area contributed by atoms with Gasteiger partial charge in [0.2, 0.25) is 0 Å². The van der Waals surface area contributed by atoms with Gasteiger partial charge in [-0.05, 0) is 24.3 Å². The molecule has 2 aliphatic carbocycles. The van der Waals surface area contributed by atoms with Crippen molar-refractivity contribution in [3.05, 3.63) is 82.1 Å². The van der Waals surface area contributed by atoms with Crippen LogP contribution in [0.25, 0.3) is 0 Å². The second-order valence-corrected chi connectivity index (χ2v) is 9.08. The molecular formula is C25H23NO2. The van der Waals surface area contributed by atoms with E-state index >= 15 is 0 Å². The van der Waals surface area contributed by atoms with Crippen LogP contribution in [0.4, 0.5) is 0 Å². The molecule has 140 valence electrons. The standard InChI is InChI=1S/C25H23NO2/c1-14-7-6-8-15(11-14)20-21-18(12-25(2,3)13-19(21)27)26-23-16-9-4-5-10-17(16)24(28)22(20)23/h4-11,20,22H,12-13H2,1-3H3/t20-,22+/m0/s1. The minimum atomic E-state index is -0.400. The van der Waals surface area contributed by atoms with Gasteiger partial charge in [-0.3, -0.25) is 14.6 Å². The number of carbonyl (C=O) groups is 2. The van der Waals surface area contributed by atoms with Crippen molar-refractivity contribution >= 4 is 17.3 Å². The predicted molar refractivity (Wildman–Crippen MR) is 110 cm³/mol. The first-order valence-corrected chi connectivity index (χ1v) is 9.91. The molecule has 0 amide bonds. The zero-order valence-corrected chi connectivity index (χ0v) is 16.5. The fraction of sp³-hybridized carbons (Fsp3) is 0.320. The zero-order valence-electron chi connectivity index (χ0n) is 16.5. The van der Waals surface area contributed by atoms with Gasteiger partial charge >= 0.3 is 0 Å². The van der Waals surface area contributed by atoms with Gasteiger partial charge in [-0.1, -0.05) is 67.9 Å². The van der Waals surface area contributed by atoms with Gasteiger partial charge in [0.25, 0.3) is 0 Å². The van der Waals surface area contributed by atoms with Crippen molar-refractivity contribution in [2.45, 2.75) is 39.5 Å². The Labute approximate surface area is 165 Å². The summed E-state index contributed by atoms with van der Waals surface area (Å²) in [6.45, 7) is 6.29. The summed E-state index contributed by atoms with van der Waals surface area (Å²) in [5, 5.41) is 0. The highest BCUT2D eigenvalue weighted by Crippen LogP contribution is 2.51. The fourth-order valence-electron chi connectivity index (χ4n) is 5.11. The normalized spacial score (nSPS) is 25.2. The van der Waals surface area contributed by atoms with Crippen LogP contribution in [-0.4, -0.2) is 17.3 Å². The summed E-state index contributed by atoms with van der Waals surface area (Å²) in [6, 6.07) is 16.0. The van der Waals surface area contributed by atoms with E-state index in [2.05, 4.69) is 26.0 Å². The van der Waals surface area contributed by atoms with Gasteiger partial charge in [-0.25, -0.2) is 0 Å². The van der Waals surface area contributed by atoms with E-state index in [0.29, 0.717) is 6.42 Å². The summed E-state index contributed by atoms with van der Waals surface area (Å²) < 4.78 is 0. The first-order chi connectivity index (χ1) is 13.4. The molecule has 0 spiro atoms. The van der Waals surface area contributed by atoms with Crippen LogP contribution in [0.1, 0.15) is 59.7 Å². The van der Waals surface area contributed by atoms with E-state index in [9.17, 15) is 9.59 Å². The quantitative estimate of drug-likeness (QED) is 0.707. The molecule has 0 unspecified atom stereocenters. The van der Waals surface area contributed by atoms with Crippen molar-refractivity contribution in [2.24, 2.45) is 16.3 Å². The van der Waals surface area contributed by atoms with E-state index in [1.54, 1.807) is 0 Å². The van der Waals surface area contributed by atoms with Crippen LogP contribution in [0.2, 0.25) is 0 Å². The molecule has 0 radical (unpaired) electrons. The van der Waals surface area contributed by atoms with Crippen molar-refractivity contribution in [1.29, 1.82) is 0 Å². The summed E-state index contributed by atoms with van der Waals surface area (Å²) in [4.78, 5) is 31.6. The molecule has 1 aliphatic heterocycles. The average Bonchev–Trinajstić information content (AvgIpc) is 2.92. The first kappa shape index (κ1) is 17.3.